The van der Waals surface area contributed by atoms with Crippen LogP contribution in [0.15, 0.2) is 47.6 Å². The Balaban J connectivity index is 1.68. The minimum atomic E-state index is -2.69. The summed E-state index contributed by atoms with van der Waals surface area (Å²) in [6.07, 6.45) is 14.3. The summed E-state index contributed by atoms with van der Waals surface area (Å²) in [5.41, 5.74) is 1.39. The molecule has 3 aliphatic heterocycles. The van der Waals surface area contributed by atoms with Crippen LogP contribution in [0.1, 0.15) is 139 Å². The minimum Gasteiger partial charge on any atom is -0.460 e. The van der Waals surface area contributed by atoms with Crippen LogP contribution in [0, 0.1) is 47.3 Å². The van der Waals surface area contributed by atoms with Gasteiger partial charge in [0.25, 0.3) is 11.7 Å². The van der Waals surface area contributed by atoms with E-state index in [1.807, 2.05) is 58.1 Å². The summed E-state index contributed by atoms with van der Waals surface area (Å²) in [5.74, 6) is -7.83. The fourth-order valence-corrected chi connectivity index (χ4v) is 11.7. The monoisotopic (exact) mass is 958 g/mol. The van der Waals surface area contributed by atoms with Crippen LogP contribution < -0.4 is 0 Å². The van der Waals surface area contributed by atoms with Gasteiger partial charge in [-0.05, 0) is 113 Å². The van der Waals surface area contributed by atoms with Crippen LogP contribution in [0.2, 0.25) is 0 Å². The standard InChI is InChI=1S/C53H84NO12P/c1-32-18-14-13-15-19-33(2)46(63-10)30-42-23-21-39(8)53(61,65-42)50(58)51(59)54-25-17-16-20-43(54)52(60)64-47(36(5)29-41-22-24-45(35(4)28-41)66-67(11,12)62)31-44(55)34(3)27-38(7)49(57)40(9)48(56)37(6)26-32/h13-15,18-19,27,32,34-37,39-43,45-47,49,57,61H,16-17,20-26,28-31H2,1-12H3/b15-13?,18-14+,33-19?,38-27+/t32-,34-,35-,36?,37-,39-,40+,41-,42+,43+,45-,46+,47+,49-,53-/m1/s1. The van der Waals surface area contributed by atoms with Crippen molar-refractivity contribution < 1.29 is 57.5 Å². The summed E-state index contributed by atoms with van der Waals surface area (Å²) in [6.45, 7) is 20.1. The summed E-state index contributed by atoms with van der Waals surface area (Å²) in [4.78, 5) is 72.0. The van der Waals surface area contributed by atoms with Gasteiger partial charge in [0.1, 0.15) is 23.7 Å². The lowest BCUT2D eigenvalue weighted by Gasteiger charge is -2.42. The third-order valence-corrected chi connectivity index (χ3v) is 15.8. The van der Waals surface area contributed by atoms with Gasteiger partial charge >= 0.3 is 5.97 Å². The van der Waals surface area contributed by atoms with E-state index in [0.29, 0.717) is 50.5 Å². The van der Waals surface area contributed by atoms with Gasteiger partial charge in [0.05, 0.1) is 24.4 Å². The van der Waals surface area contributed by atoms with Crippen LogP contribution >= 0.6 is 7.37 Å². The Labute approximate surface area is 401 Å². The summed E-state index contributed by atoms with van der Waals surface area (Å²) in [6, 6.07) is -1.12. The SMILES string of the molecule is CO[C@H]1C[C@@H]2CC[C@@H](C)[C@@](O)(O2)C(=O)C(=O)N2CCCC[C@H]2C(=O)O[C@H](C(C)C[C@@H]2CC[C@@H](OP(C)(C)=O)[C@H](C)C2)CC(=O)[C@H](C)/C=C(\C)[C@@H](O)[C@@H](C)C(=O)[C@H](C)C[C@H](C)/C=C/C=CC=C1C. The highest BCUT2D eigenvalue weighted by Crippen LogP contribution is 2.46. The minimum absolute atomic E-state index is 0.0657. The topological polar surface area (TPSA) is 183 Å². The van der Waals surface area contributed by atoms with Gasteiger partial charge in [0.15, 0.2) is 7.37 Å². The molecular formula is C53H84NO12P. The third kappa shape index (κ3) is 15.7. The molecule has 4 aliphatic rings. The van der Waals surface area contributed by atoms with Gasteiger partial charge in [-0.2, -0.15) is 0 Å². The average Bonchev–Trinajstić information content (AvgIpc) is 3.27. The molecule has 2 N–H and O–H groups in total. The number of rotatable bonds is 6. The highest BCUT2D eigenvalue weighted by atomic mass is 31.2. The Bertz CT molecular complexity index is 1900. The maximum absolute atomic E-state index is 14.4. The van der Waals surface area contributed by atoms with Crippen LogP contribution in [0.25, 0.3) is 0 Å². The number of aliphatic hydroxyl groups is 2. The molecule has 0 radical (unpaired) electrons. The van der Waals surface area contributed by atoms with Gasteiger partial charge < -0.3 is 33.8 Å². The van der Waals surface area contributed by atoms with Crippen molar-refractivity contribution in [1.29, 1.82) is 0 Å². The van der Waals surface area contributed by atoms with E-state index in [9.17, 15) is 38.8 Å². The number of methoxy groups -OCH3 is 1. The number of ether oxygens (including phenoxy) is 3. The first-order valence-corrected chi connectivity index (χ1v) is 27.5. The molecule has 0 spiro atoms. The highest BCUT2D eigenvalue weighted by molar-refractivity contribution is 7.57. The summed E-state index contributed by atoms with van der Waals surface area (Å²) < 4.78 is 36.8. The van der Waals surface area contributed by atoms with Crippen LogP contribution in [-0.2, 0) is 47.3 Å². The van der Waals surface area contributed by atoms with Crippen molar-refractivity contribution in [2.45, 2.75) is 182 Å². The Kier molecular flexibility index (Phi) is 21.2. The van der Waals surface area contributed by atoms with E-state index in [0.717, 1.165) is 24.8 Å². The molecule has 1 saturated carbocycles. The van der Waals surface area contributed by atoms with Crippen LogP contribution in [0.5, 0.6) is 0 Å². The summed E-state index contributed by atoms with van der Waals surface area (Å²) >= 11 is 0. The lowest BCUT2D eigenvalue weighted by molar-refractivity contribution is -0.265. The van der Waals surface area contributed by atoms with Crippen molar-refractivity contribution >= 4 is 36.6 Å². The number of aliphatic hydroxyl groups excluding tert-OH is 1. The fraction of sp³-hybridized carbons (Fsp3) is 0.755. The molecule has 1 amide bonds. The Morgan fingerprint density at radius 1 is 0.896 bits per heavy atom. The van der Waals surface area contributed by atoms with Crippen molar-refractivity contribution in [2.24, 2.45) is 47.3 Å². The Hall–Kier alpha value is -3.06. The smallest absolute Gasteiger partial charge is 0.329 e. The molecule has 3 fully saturated rings. The number of ketones is 3. The first-order valence-electron chi connectivity index (χ1n) is 25.0. The van der Waals surface area contributed by atoms with Gasteiger partial charge in [0, 0.05) is 63.5 Å². The fourth-order valence-electron chi connectivity index (χ4n) is 10.7. The molecule has 1 aliphatic carbocycles. The summed E-state index contributed by atoms with van der Waals surface area (Å²) in [5, 5.41) is 23.4. The number of cyclic esters (lactones) is 1. The molecule has 2 bridgehead atoms. The maximum atomic E-state index is 14.4. The molecule has 0 aromatic heterocycles. The van der Waals surface area contributed by atoms with E-state index >= 15 is 0 Å². The number of Topliss-reactive ketones (excluding diaryl/α,β-unsaturated/α-hetero) is 3. The second kappa shape index (κ2) is 25.2. The molecule has 3 heterocycles. The van der Waals surface area contributed by atoms with Gasteiger partial charge in [-0.3, -0.25) is 23.7 Å². The Morgan fingerprint density at radius 3 is 2.25 bits per heavy atom. The van der Waals surface area contributed by atoms with E-state index in [4.69, 9.17) is 18.7 Å². The van der Waals surface area contributed by atoms with Crippen molar-refractivity contribution in [3.05, 3.63) is 47.6 Å². The molecule has 15 atom stereocenters. The number of amides is 1. The zero-order valence-corrected chi connectivity index (χ0v) is 43.5. The van der Waals surface area contributed by atoms with E-state index < -0.39 is 79.0 Å². The second-order valence-electron chi connectivity index (χ2n) is 21.3. The highest BCUT2D eigenvalue weighted by Gasteiger charge is 2.53. The van der Waals surface area contributed by atoms with E-state index in [-0.39, 0.29) is 66.6 Å². The van der Waals surface area contributed by atoms with Crippen LogP contribution in [0.4, 0.5) is 0 Å². The van der Waals surface area contributed by atoms with E-state index in [2.05, 4.69) is 6.92 Å². The van der Waals surface area contributed by atoms with Crippen molar-refractivity contribution in [1.82, 2.24) is 4.90 Å². The molecule has 13 nitrogen and oxygen atoms in total. The predicted octanol–water partition coefficient (Wildman–Crippen LogP) is 8.98. The predicted molar refractivity (Wildman–Crippen MR) is 260 cm³/mol. The second-order valence-corrected chi connectivity index (χ2v) is 24.0. The molecule has 0 aromatic carbocycles. The van der Waals surface area contributed by atoms with Gasteiger partial charge in [-0.1, -0.05) is 84.9 Å². The van der Waals surface area contributed by atoms with Gasteiger partial charge in [-0.25, -0.2) is 4.79 Å². The molecule has 1 unspecified atom stereocenters. The molecule has 4 rings (SSSR count). The van der Waals surface area contributed by atoms with Gasteiger partial charge in [-0.15, -0.1) is 0 Å². The molecule has 0 aromatic rings. The maximum Gasteiger partial charge on any atom is 0.329 e. The van der Waals surface area contributed by atoms with Crippen molar-refractivity contribution in [3.63, 3.8) is 0 Å². The number of nitrogens with zero attached hydrogens (tertiary/aromatic N) is 1. The quantitative estimate of drug-likeness (QED) is 0.112. The number of carbonyl (C=O) groups is 5. The first kappa shape index (κ1) is 56.5. The molecular weight excluding hydrogens is 874 g/mol. The molecule has 378 valence electrons. The zero-order valence-electron chi connectivity index (χ0n) is 42.6. The van der Waals surface area contributed by atoms with Crippen LogP contribution in [-0.4, -0.2) is 114 Å². The van der Waals surface area contributed by atoms with E-state index in [1.165, 1.54) is 4.90 Å². The summed E-state index contributed by atoms with van der Waals surface area (Å²) in [7, 11) is -1.10. The number of piperidine rings is 1. The zero-order chi connectivity index (χ0) is 50.0. The number of allylic oxidation sites excluding steroid dienone is 6. The first-order chi connectivity index (χ1) is 31.4. The average molecular weight is 958 g/mol. The molecule has 14 heteroatoms. The number of esters is 1. The normalized spacial score (nSPS) is 38.6. The van der Waals surface area contributed by atoms with Crippen LogP contribution in [0.3, 0.4) is 0 Å². The number of hydrogen-bond donors (Lipinski definition) is 2. The number of hydrogen-bond acceptors (Lipinski definition) is 12. The third-order valence-electron chi connectivity index (χ3n) is 15.0. The lowest BCUT2D eigenvalue weighted by atomic mass is 9.75. The van der Waals surface area contributed by atoms with E-state index in [1.54, 1.807) is 54.2 Å². The molecule has 2 saturated heterocycles. The van der Waals surface area contributed by atoms with Gasteiger partial charge in [0.2, 0.25) is 5.79 Å². The lowest BCUT2D eigenvalue weighted by Crippen LogP contribution is -2.61. The number of carbonyl (C=O) groups excluding carboxylic acids is 5. The number of fused-ring (bicyclic) bond motifs is 3. The van der Waals surface area contributed by atoms with Crippen molar-refractivity contribution in [3.8, 4) is 0 Å². The molecule has 67 heavy (non-hydrogen) atoms. The van der Waals surface area contributed by atoms with Crippen molar-refractivity contribution in [2.75, 3.05) is 27.0 Å². The largest absolute Gasteiger partial charge is 0.460 e. The Morgan fingerprint density at radius 2 is 1.60 bits per heavy atom.